The lowest BCUT2D eigenvalue weighted by Gasteiger charge is -2.38. The fourth-order valence-corrected chi connectivity index (χ4v) is 5.87. The van der Waals surface area contributed by atoms with Gasteiger partial charge in [-0.2, -0.15) is 0 Å². The Morgan fingerprint density at radius 1 is 1.08 bits per heavy atom. The minimum atomic E-state index is -3.00. The highest BCUT2D eigenvalue weighted by molar-refractivity contribution is 7.91. The van der Waals surface area contributed by atoms with Crippen molar-refractivity contribution in [1.82, 2.24) is 4.90 Å². The van der Waals surface area contributed by atoms with E-state index in [1.165, 1.54) is 6.42 Å². The molecule has 1 aliphatic carbocycles. The third-order valence-electron chi connectivity index (χ3n) is 5.43. The monoisotopic (exact) mass is 349 g/mol. The van der Waals surface area contributed by atoms with E-state index >= 15 is 0 Å². The molecule has 1 amide bonds. The summed E-state index contributed by atoms with van der Waals surface area (Å²) in [6.45, 7) is 2.05. The van der Waals surface area contributed by atoms with Crippen LogP contribution in [-0.2, 0) is 16.3 Å². The second-order valence-corrected chi connectivity index (χ2v) is 9.30. The topological polar surface area (TPSA) is 54.5 Å². The van der Waals surface area contributed by atoms with Gasteiger partial charge in [0.05, 0.1) is 11.5 Å². The molecule has 0 aromatic heterocycles. The number of hydrogen-bond donors (Lipinski definition) is 0. The summed E-state index contributed by atoms with van der Waals surface area (Å²) in [6.07, 6.45) is 6.86. The third-order valence-corrected chi connectivity index (χ3v) is 7.18. The van der Waals surface area contributed by atoms with Crippen LogP contribution in [0.2, 0.25) is 0 Å². The van der Waals surface area contributed by atoms with Crippen molar-refractivity contribution in [2.75, 3.05) is 11.5 Å². The van der Waals surface area contributed by atoms with Crippen LogP contribution >= 0.6 is 0 Å². The average Bonchev–Trinajstić information content (AvgIpc) is 2.95. The highest BCUT2D eigenvalue weighted by Gasteiger charge is 2.39. The maximum absolute atomic E-state index is 13.4. The molecule has 5 heteroatoms. The van der Waals surface area contributed by atoms with Gasteiger partial charge in [0.25, 0.3) is 5.91 Å². The molecule has 1 aliphatic heterocycles. The van der Waals surface area contributed by atoms with E-state index in [2.05, 4.69) is 6.92 Å². The fraction of sp³-hybridized carbons (Fsp3) is 0.632. The van der Waals surface area contributed by atoms with Crippen LogP contribution < -0.4 is 0 Å². The van der Waals surface area contributed by atoms with Gasteiger partial charge in [0, 0.05) is 17.6 Å². The maximum Gasteiger partial charge on any atom is 0.254 e. The van der Waals surface area contributed by atoms with Crippen LogP contribution in [0.25, 0.3) is 0 Å². The zero-order chi connectivity index (χ0) is 17.2. The SMILES string of the molecule is CCc1ccccc1C(=O)N(C1CCCCC1)[C@@H]1CCS(=O)(=O)C1. The van der Waals surface area contributed by atoms with E-state index in [1.807, 2.05) is 29.2 Å². The van der Waals surface area contributed by atoms with E-state index < -0.39 is 9.84 Å². The fourth-order valence-electron chi connectivity index (χ4n) is 4.16. The first-order valence-electron chi connectivity index (χ1n) is 9.13. The molecule has 1 aromatic rings. The Morgan fingerprint density at radius 2 is 1.79 bits per heavy atom. The summed E-state index contributed by atoms with van der Waals surface area (Å²) in [6, 6.07) is 7.78. The summed E-state index contributed by atoms with van der Waals surface area (Å²) in [4.78, 5) is 15.3. The summed E-state index contributed by atoms with van der Waals surface area (Å²) < 4.78 is 23.9. The van der Waals surface area contributed by atoms with Crippen molar-refractivity contribution in [3.05, 3.63) is 35.4 Å². The summed E-state index contributed by atoms with van der Waals surface area (Å²) in [5.41, 5.74) is 1.79. The van der Waals surface area contributed by atoms with E-state index in [0.717, 1.165) is 43.2 Å². The van der Waals surface area contributed by atoms with Gasteiger partial charge < -0.3 is 4.90 Å². The molecule has 3 rings (SSSR count). The van der Waals surface area contributed by atoms with Gasteiger partial charge in [-0.25, -0.2) is 8.42 Å². The number of rotatable bonds is 4. The number of hydrogen-bond acceptors (Lipinski definition) is 3. The van der Waals surface area contributed by atoms with Crippen molar-refractivity contribution >= 4 is 15.7 Å². The van der Waals surface area contributed by atoms with Crippen LogP contribution in [0.1, 0.15) is 61.4 Å². The van der Waals surface area contributed by atoms with Gasteiger partial charge >= 0.3 is 0 Å². The van der Waals surface area contributed by atoms with Crippen molar-refractivity contribution in [2.24, 2.45) is 0 Å². The third kappa shape index (κ3) is 3.66. The summed E-state index contributed by atoms with van der Waals surface area (Å²) in [7, 11) is -3.00. The zero-order valence-corrected chi connectivity index (χ0v) is 15.2. The van der Waals surface area contributed by atoms with Crippen LogP contribution in [0.15, 0.2) is 24.3 Å². The predicted molar refractivity (Wildman–Crippen MR) is 95.9 cm³/mol. The molecule has 1 aromatic carbocycles. The molecular weight excluding hydrogens is 322 g/mol. The lowest BCUT2D eigenvalue weighted by molar-refractivity contribution is 0.0540. The van der Waals surface area contributed by atoms with Crippen molar-refractivity contribution in [3.63, 3.8) is 0 Å². The molecule has 2 fully saturated rings. The molecule has 1 saturated carbocycles. The molecule has 0 N–H and O–H groups in total. The standard InChI is InChI=1S/C19H27NO3S/c1-2-15-8-6-7-11-18(15)19(21)20(16-9-4-3-5-10-16)17-12-13-24(22,23)14-17/h6-8,11,16-17H,2-5,9-10,12-14H2,1H3/t17-/m1/s1. The Kier molecular flexibility index (Phi) is 5.28. The van der Waals surface area contributed by atoms with Gasteiger partial charge in [-0.15, -0.1) is 0 Å². The maximum atomic E-state index is 13.4. The first-order valence-corrected chi connectivity index (χ1v) is 10.9. The van der Waals surface area contributed by atoms with Crippen LogP contribution in [0, 0.1) is 0 Å². The molecule has 0 bridgehead atoms. The van der Waals surface area contributed by atoms with Gasteiger partial charge in [0.1, 0.15) is 0 Å². The molecule has 24 heavy (non-hydrogen) atoms. The van der Waals surface area contributed by atoms with E-state index in [0.29, 0.717) is 6.42 Å². The van der Waals surface area contributed by atoms with Crippen LogP contribution in [-0.4, -0.2) is 42.8 Å². The number of sulfone groups is 1. The number of nitrogens with zero attached hydrogens (tertiary/aromatic N) is 1. The largest absolute Gasteiger partial charge is 0.332 e. The molecule has 0 spiro atoms. The Balaban J connectivity index is 1.93. The Labute approximate surface area is 145 Å². The first kappa shape index (κ1) is 17.5. The van der Waals surface area contributed by atoms with Crippen LogP contribution in [0.4, 0.5) is 0 Å². The number of carbonyl (C=O) groups is 1. The number of carbonyl (C=O) groups excluding carboxylic acids is 1. The normalized spacial score (nSPS) is 24.0. The quantitative estimate of drug-likeness (QED) is 0.839. The molecular formula is C19H27NO3S. The molecule has 0 unspecified atom stereocenters. The molecule has 4 nitrogen and oxygen atoms in total. The zero-order valence-electron chi connectivity index (χ0n) is 14.4. The lowest BCUT2D eigenvalue weighted by atomic mass is 9.91. The first-order chi connectivity index (χ1) is 11.5. The Morgan fingerprint density at radius 3 is 2.42 bits per heavy atom. The van der Waals surface area contributed by atoms with E-state index in [-0.39, 0.29) is 29.5 Å². The smallest absolute Gasteiger partial charge is 0.254 e. The number of amides is 1. The second kappa shape index (κ2) is 7.26. The molecule has 2 aliphatic rings. The highest BCUT2D eigenvalue weighted by atomic mass is 32.2. The van der Waals surface area contributed by atoms with Crippen LogP contribution in [0.3, 0.4) is 0 Å². The molecule has 1 atom stereocenters. The second-order valence-electron chi connectivity index (χ2n) is 7.07. The Hall–Kier alpha value is -1.36. The number of benzene rings is 1. The molecule has 132 valence electrons. The molecule has 1 saturated heterocycles. The predicted octanol–water partition coefficient (Wildman–Crippen LogP) is 3.21. The van der Waals surface area contributed by atoms with E-state index in [9.17, 15) is 13.2 Å². The van der Waals surface area contributed by atoms with Gasteiger partial charge in [-0.3, -0.25) is 4.79 Å². The summed E-state index contributed by atoms with van der Waals surface area (Å²) >= 11 is 0. The lowest BCUT2D eigenvalue weighted by Crippen LogP contribution is -2.48. The van der Waals surface area contributed by atoms with Crippen LogP contribution in [0.5, 0.6) is 0 Å². The minimum absolute atomic E-state index is 0.0291. The minimum Gasteiger partial charge on any atom is -0.332 e. The van der Waals surface area contributed by atoms with Crippen molar-refractivity contribution in [3.8, 4) is 0 Å². The van der Waals surface area contributed by atoms with E-state index in [4.69, 9.17) is 0 Å². The van der Waals surface area contributed by atoms with Gasteiger partial charge in [0.2, 0.25) is 0 Å². The van der Waals surface area contributed by atoms with Crippen molar-refractivity contribution in [2.45, 2.75) is 64.0 Å². The summed E-state index contributed by atoms with van der Waals surface area (Å²) in [5.74, 6) is 0.370. The van der Waals surface area contributed by atoms with Crippen molar-refractivity contribution in [1.29, 1.82) is 0 Å². The van der Waals surface area contributed by atoms with Crippen molar-refractivity contribution < 1.29 is 13.2 Å². The average molecular weight is 349 g/mol. The molecule has 1 heterocycles. The number of aryl methyl sites for hydroxylation is 1. The summed E-state index contributed by atoms with van der Waals surface area (Å²) in [5, 5.41) is 0. The Bertz CT molecular complexity index is 692. The molecule has 0 radical (unpaired) electrons. The van der Waals surface area contributed by atoms with Gasteiger partial charge in [-0.05, 0) is 37.3 Å². The van der Waals surface area contributed by atoms with E-state index in [1.54, 1.807) is 0 Å². The van der Waals surface area contributed by atoms with Gasteiger partial charge in [-0.1, -0.05) is 44.4 Å². The highest BCUT2D eigenvalue weighted by Crippen LogP contribution is 2.30. The van der Waals surface area contributed by atoms with Gasteiger partial charge in [0.15, 0.2) is 9.84 Å².